The van der Waals surface area contributed by atoms with Gasteiger partial charge < -0.3 is 5.11 Å². The third-order valence-corrected chi connectivity index (χ3v) is 2.32. The van der Waals surface area contributed by atoms with E-state index in [0.717, 1.165) is 17.2 Å². The molecule has 3 heteroatoms. The Balaban J connectivity index is 2.52. The van der Waals surface area contributed by atoms with Crippen LogP contribution in [0.2, 0.25) is 0 Å². The van der Waals surface area contributed by atoms with Crippen molar-refractivity contribution in [2.45, 2.75) is 18.4 Å². The second-order valence-electron chi connectivity index (χ2n) is 2.20. The summed E-state index contributed by atoms with van der Waals surface area (Å²) in [5.41, 5.74) is 0. The highest BCUT2D eigenvalue weighted by Gasteiger charge is 1.93. The van der Waals surface area contributed by atoms with E-state index in [4.69, 9.17) is 5.11 Å². The van der Waals surface area contributed by atoms with E-state index in [9.17, 15) is 0 Å². The Morgan fingerprint density at radius 2 is 2.36 bits per heavy atom. The van der Waals surface area contributed by atoms with Gasteiger partial charge in [0.05, 0.1) is 11.2 Å². The Hall–Kier alpha value is -0.700. The van der Waals surface area contributed by atoms with Gasteiger partial charge in [-0.15, -0.1) is 11.8 Å². The molecule has 1 rings (SSSR count). The molecule has 0 unspecified atom stereocenters. The van der Waals surface area contributed by atoms with Crippen LogP contribution in [0.4, 0.5) is 0 Å². The van der Waals surface area contributed by atoms with Crippen molar-refractivity contribution in [3.63, 3.8) is 0 Å². The number of rotatable bonds is 3. The van der Waals surface area contributed by atoms with Crippen molar-refractivity contribution in [1.29, 1.82) is 0 Å². The molecule has 0 bridgehead atoms. The van der Waals surface area contributed by atoms with Gasteiger partial charge in [0.2, 0.25) is 0 Å². The first-order chi connectivity index (χ1) is 5.33. The fourth-order valence-electron chi connectivity index (χ4n) is 0.665. The molecule has 0 saturated carbocycles. The van der Waals surface area contributed by atoms with Gasteiger partial charge in [0.1, 0.15) is 5.75 Å². The first-order valence-corrected chi connectivity index (χ1v) is 4.59. The molecule has 0 saturated heterocycles. The number of hydrogen-bond donors (Lipinski definition) is 1. The molecule has 1 heterocycles. The highest BCUT2D eigenvalue weighted by molar-refractivity contribution is 7.99. The predicted octanol–water partition coefficient (Wildman–Crippen LogP) is 2.29. The highest BCUT2D eigenvalue weighted by Crippen LogP contribution is 2.17. The highest BCUT2D eigenvalue weighted by atomic mass is 32.2. The summed E-state index contributed by atoms with van der Waals surface area (Å²) in [6.45, 7) is 2.13. The summed E-state index contributed by atoms with van der Waals surface area (Å²) in [6.07, 6.45) is 2.62. The van der Waals surface area contributed by atoms with Gasteiger partial charge >= 0.3 is 0 Å². The summed E-state index contributed by atoms with van der Waals surface area (Å²) >= 11 is 1.71. The van der Waals surface area contributed by atoms with Gasteiger partial charge in [0, 0.05) is 0 Å². The number of aromatic hydroxyl groups is 1. The van der Waals surface area contributed by atoms with E-state index in [-0.39, 0.29) is 5.75 Å². The molecule has 0 atom stereocenters. The average Bonchev–Trinajstić information content (AvgIpc) is 2.04. The molecule has 0 radical (unpaired) electrons. The lowest BCUT2D eigenvalue weighted by atomic mass is 10.5. The second kappa shape index (κ2) is 4.23. The summed E-state index contributed by atoms with van der Waals surface area (Å²) in [6, 6.07) is 3.49. The Kier molecular flexibility index (Phi) is 3.23. The van der Waals surface area contributed by atoms with Crippen molar-refractivity contribution in [3.05, 3.63) is 18.3 Å². The molecular weight excluding hydrogens is 158 g/mol. The molecule has 0 spiro atoms. The summed E-state index contributed by atoms with van der Waals surface area (Å²) < 4.78 is 0. The lowest BCUT2D eigenvalue weighted by Gasteiger charge is -1.97. The fourth-order valence-corrected chi connectivity index (χ4v) is 1.37. The molecule has 1 aromatic rings. The van der Waals surface area contributed by atoms with Crippen LogP contribution in [-0.2, 0) is 0 Å². The maximum atomic E-state index is 8.91. The van der Waals surface area contributed by atoms with Crippen LogP contribution in [0.1, 0.15) is 13.3 Å². The SMILES string of the molecule is CCCSc1ccc(O)cn1. The van der Waals surface area contributed by atoms with Crippen LogP contribution in [-0.4, -0.2) is 15.8 Å². The second-order valence-corrected chi connectivity index (χ2v) is 3.32. The first-order valence-electron chi connectivity index (χ1n) is 3.60. The van der Waals surface area contributed by atoms with E-state index in [2.05, 4.69) is 11.9 Å². The van der Waals surface area contributed by atoms with Gasteiger partial charge in [-0.1, -0.05) is 6.92 Å². The number of thioether (sulfide) groups is 1. The smallest absolute Gasteiger partial charge is 0.133 e. The van der Waals surface area contributed by atoms with E-state index in [1.807, 2.05) is 6.07 Å². The number of pyridine rings is 1. The molecule has 0 aliphatic carbocycles. The maximum Gasteiger partial charge on any atom is 0.133 e. The molecule has 1 aromatic heterocycles. The minimum atomic E-state index is 0.228. The van der Waals surface area contributed by atoms with Gasteiger partial charge in [-0.3, -0.25) is 0 Å². The zero-order valence-corrected chi connectivity index (χ0v) is 7.27. The largest absolute Gasteiger partial charge is 0.506 e. The quantitative estimate of drug-likeness (QED) is 0.705. The van der Waals surface area contributed by atoms with E-state index >= 15 is 0 Å². The zero-order valence-electron chi connectivity index (χ0n) is 6.45. The van der Waals surface area contributed by atoms with Crippen molar-refractivity contribution in [3.8, 4) is 5.75 Å². The van der Waals surface area contributed by atoms with Crippen LogP contribution in [0.25, 0.3) is 0 Å². The number of aromatic nitrogens is 1. The van der Waals surface area contributed by atoms with Crippen LogP contribution in [0.3, 0.4) is 0 Å². The van der Waals surface area contributed by atoms with E-state index in [0.29, 0.717) is 0 Å². The topological polar surface area (TPSA) is 33.1 Å². The third-order valence-electron chi connectivity index (χ3n) is 1.17. The molecular formula is C8H11NOS. The standard InChI is InChI=1S/C8H11NOS/c1-2-5-11-8-4-3-7(10)6-9-8/h3-4,6,10H,2,5H2,1H3. The van der Waals surface area contributed by atoms with Crippen LogP contribution in [0, 0.1) is 0 Å². The normalized spacial score (nSPS) is 9.91. The minimum Gasteiger partial charge on any atom is -0.506 e. The van der Waals surface area contributed by atoms with Crippen molar-refractivity contribution < 1.29 is 5.11 Å². The van der Waals surface area contributed by atoms with Gasteiger partial charge in [0.15, 0.2) is 0 Å². The summed E-state index contributed by atoms with van der Waals surface area (Å²) in [5.74, 6) is 1.31. The van der Waals surface area contributed by atoms with Gasteiger partial charge in [-0.2, -0.15) is 0 Å². The molecule has 0 aliphatic rings. The van der Waals surface area contributed by atoms with E-state index in [1.165, 1.54) is 6.20 Å². The van der Waals surface area contributed by atoms with Gasteiger partial charge in [-0.25, -0.2) is 4.98 Å². The summed E-state index contributed by atoms with van der Waals surface area (Å²) in [7, 11) is 0. The van der Waals surface area contributed by atoms with E-state index in [1.54, 1.807) is 17.8 Å². The minimum absolute atomic E-state index is 0.228. The van der Waals surface area contributed by atoms with E-state index < -0.39 is 0 Å². The van der Waals surface area contributed by atoms with Crippen molar-refractivity contribution in [2.75, 3.05) is 5.75 Å². The Bertz CT molecular complexity index is 210. The van der Waals surface area contributed by atoms with Crippen molar-refractivity contribution in [1.82, 2.24) is 4.98 Å². The molecule has 0 aliphatic heterocycles. The predicted molar refractivity (Wildman–Crippen MR) is 46.9 cm³/mol. The number of hydrogen-bond acceptors (Lipinski definition) is 3. The van der Waals surface area contributed by atoms with Crippen LogP contribution in [0.5, 0.6) is 5.75 Å². The van der Waals surface area contributed by atoms with Crippen LogP contribution < -0.4 is 0 Å². The monoisotopic (exact) mass is 169 g/mol. The van der Waals surface area contributed by atoms with Gasteiger partial charge in [0.25, 0.3) is 0 Å². The molecule has 60 valence electrons. The Morgan fingerprint density at radius 1 is 1.55 bits per heavy atom. The van der Waals surface area contributed by atoms with Crippen LogP contribution in [0.15, 0.2) is 23.4 Å². The average molecular weight is 169 g/mol. The fraction of sp³-hybridized carbons (Fsp3) is 0.375. The summed E-state index contributed by atoms with van der Waals surface area (Å²) in [4.78, 5) is 4.03. The molecule has 0 amide bonds. The van der Waals surface area contributed by atoms with Crippen molar-refractivity contribution in [2.24, 2.45) is 0 Å². The molecule has 11 heavy (non-hydrogen) atoms. The Labute approximate surface area is 70.7 Å². The first kappa shape index (κ1) is 8.40. The van der Waals surface area contributed by atoms with Crippen molar-refractivity contribution >= 4 is 11.8 Å². The lowest BCUT2D eigenvalue weighted by molar-refractivity contribution is 0.471. The lowest BCUT2D eigenvalue weighted by Crippen LogP contribution is -1.79. The summed E-state index contributed by atoms with van der Waals surface area (Å²) in [5, 5.41) is 9.89. The van der Waals surface area contributed by atoms with Crippen LogP contribution >= 0.6 is 11.8 Å². The maximum absolute atomic E-state index is 8.91. The Morgan fingerprint density at radius 3 is 2.91 bits per heavy atom. The molecule has 0 aromatic carbocycles. The third kappa shape index (κ3) is 2.80. The number of nitrogens with zero attached hydrogens (tertiary/aromatic N) is 1. The zero-order chi connectivity index (χ0) is 8.10. The van der Waals surface area contributed by atoms with Gasteiger partial charge in [-0.05, 0) is 24.3 Å². The molecule has 1 N–H and O–H groups in total. The molecule has 0 fully saturated rings. The molecule has 2 nitrogen and oxygen atoms in total.